The number of nitrogens with zero attached hydrogens (tertiary/aromatic N) is 1. The summed E-state index contributed by atoms with van der Waals surface area (Å²) in [4.78, 5) is 0. The molecule has 0 saturated carbocycles. The van der Waals surface area contributed by atoms with E-state index in [0.717, 1.165) is 16.5 Å². The van der Waals surface area contributed by atoms with Gasteiger partial charge < -0.3 is 9.88 Å². The molecular weight excluding hydrogens is 274 g/mol. The van der Waals surface area contributed by atoms with Gasteiger partial charge in [-0.05, 0) is 43.7 Å². The molecule has 1 unspecified atom stereocenters. The molecule has 0 bridgehead atoms. The van der Waals surface area contributed by atoms with E-state index < -0.39 is 10.0 Å². The summed E-state index contributed by atoms with van der Waals surface area (Å²) in [5.41, 5.74) is 3.34. The van der Waals surface area contributed by atoms with Crippen LogP contribution in [0.1, 0.15) is 24.1 Å². The predicted molar refractivity (Wildman–Crippen MR) is 82.1 cm³/mol. The first-order chi connectivity index (χ1) is 9.31. The monoisotopic (exact) mass is 295 g/mol. The maximum Gasteiger partial charge on any atom is 0.209 e. The Hall–Kier alpha value is -1.37. The SMILES string of the molecule is CNC(C)c1cn(C)c2ccc(CCS(N)(=O)=O)cc12. The van der Waals surface area contributed by atoms with Crippen molar-refractivity contribution < 1.29 is 8.42 Å². The minimum Gasteiger partial charge on any atom is -0.350 e. The van der Waals surface area contributed by atoms with Crippen LogP contribution in [0.3, 0.4) is 0 Å². The lowest BCUT2D eigenvalue weighted by Gasteiger charge is -2.09. The number of fused-ring (bicyclic) bond motifs is 1. The average molecular weight is 295 g/mol. The Balaban J connectivity index is 2.41. The molecule has 0 aliphatic carbocycles. The van der Waals surface area contributed by atoms with Crippen LogP contribution >= 0.6 is 0 Å². The number of benzene rings is 1. The van der Waals surface area contributed by atoms with Crippen LogP contribution < -0.4 is 10.5 Å². The van der Waals surface area contributed by atoms with E-state index >= 15 is 0 Å². The molecule has 110 valence electrons. The van der Waals surface area contributed by atoms with E-state index in [9.17, 15) is 8.42 Å². The zero-order chi connectivity index (χ0) is 14.9. The molecule has 1 aromatic carbocycles. The molecule has 0 saturated heterocycles. The molecule has 0 amide bonds. The number of hydrogen-bond acceptors (Lipinski definition) is 3. The number of sulfonamides is 1. The van der Waals surface area contributed by atoms with E-state index in [0.29, 0.717) is 6.42 Å². The predicted octanol–water partition coefficient (Wildman–Crippen LogP) is 1.29. The van der Waals surface area contributed by atoms with Crippen LogP contribution in [0.5, 0.6) is 0 Å². The summed E-state index contributed by atoms with van der Waals surface area (Å²) in [6, 6.07) is 6.29. The Morgan fingerprint density at radius 2 is 2.10 bits per heavy atom. The zero-order valence-electron chi connectivity index (χ0n) is 12.1. The smallest absolute Gasteiger partial charge is 0.209 e. The van der Waals surface area contributed by atoms with E-state index in [1.807, 2.05) is 26.2 Å². The highest BCUT2D eigenvalue weighted by Crippen LogP contribution is 2.27. The van der Waals surface area contributed by atoms with Crippen LogP contribution in [0.15, 0.2) is 24.4 Å². The zero-order valence-corrected chi connectivity index (χ0v) is 12.9. The van der Waals surface area contributed by atoms with Crippen molar-refractivity contribution in [3.63, 3.8) is 0 Å². The molecule has 20 heavy (non-hydrogen) atoms. The molecule has 0 spiro atoms. The van der Waals surface area contributed by atoms with Crippen LogP contribution in [0.25, 0.3) is 10.9 Å². The summed E-state index contributed by atoms with van der Waals surface area (Å²) < 4.78 is 24.2. The van der Waals surface area contributed by atoms with Gasteiger partial charge in [-0.1, -0.05) is 6.07 Å². The van der Waals surface area contributed by atoms with E-state index in [4.69, 9.17) is 5.14 Å². The van der Waals surface area contributed by atoms with Crippen molar-refractivity contribution >= 4 is 20.9 Å². The number of primary sulfonamides is 1. The normalized spacial score (nSPS) is 13.8. The molecule has 1 aromatic heterocycles. The number of aromatic nitrogens is 1. The van der Waals surface area contributed by atoms with Crippen LogP contribution in [0, 0.1) is 0 Å². The third kappa shape index (κ3) is 3.20. The van der Waals surface area contributed by atoms with Gasteiger partial charge in [0.05, 0.1) is 5.75 Å². The number of nitrogens with one attached hydrogen (secondary N) is 1. The van der Waals surface area contributed by atoms with E-state index in [-0.39, 0.29) is 11.8 Å². The van der Waals surface area contributed by atoms with Crippen molar-refractivity contribution in [2.75, 3.05) is 12.8 Å². The summed E-state index contributed by atoms with van der Waals surface area (Å²) >= 11 is 0. The lowest BCUT2D eigenvalue weighted by molar-refractivity contribution is 0.597. The average Bonchev–Trinajstić information content (AvgIpc) is 2.72. The molecule has 3 N–H and O–H groups in total. The number of aryl methyl sites for hydroxylation is 2. The molecule has 5 nitrogen and oxygen atoms in total. The van der Waals surface area contributed by atoms with Gasteiger partial charge >= 0.3 is 0 Å². The first kappa shape index (κ1) is 15.0. The topological polar surface area (TPSA) is 77.1 Å². The third-order valence-electron chi connectivity index (χ3n) is 3.66. The fourth-order valence-electron chi connectivity index (χ4n) is 2.39. The number of nitrogens with two attached hydrogens (primary N) is 1. The second-order valence-corrected chi connectivity index (χ2v) is 6.91. The largest absolute Gasteiger partial charge is 0.350 e. The van der Waals surface area contributed by atoms with Crippen LogP contribution in [0.2, 0.25) is 0 Å². The molecule has 0 radical (unpaired) electrons. The van der Waals surface area contributed by atoms with Gasteiger partial charge in [-0.2, -0.15) is 0 Å². The van der Waals surface area contributed by atoms with Crippen LogP contribution in [0.4, 0.5) is 0 Å². The Kier molecular flexibility index (Phi) is 4.17. The van der Waals surface area contributed by atoms with E-state index in [2.05, 4.69) is 29.1 Å². The van der Waals surface area contributed by atoms with Gasteiger partial charge in [0, 0.05) is 30.2 Å². The molecule has 2 aromatic rings. The van der Waals surface area contributed by atoms with Gasteiger partial charge in [-0.3, -0.25) is 0 Å². The van der Waals surface area contributed by atoms with Crippen LogP contribution in [-0.2, 0) is 23.5 Å². The molecule has 6 heteroatoms. The highest BCUT2D eigenvalue weighted by Gasteiger charge is 2.12. The molecule has 0 aliphatic rings. The summed E-state index contributed by atoms with van der Waals surface area (Å²) in [5.74, 6) is -0.0255. The summed E-state index contributed by atoms with van der Waals surface area (Å²) in [5, 5.41) is 9.44. The maximum absolute atomic E-state index is 11.1. The van der Waals surface area contributed by atoms with Crippen LogP contribution in [-0.4, -0.2) is 25.8 Å². The minimum atomic E-state index is -3.42. The van der Waals surface area contributed by atoms with Crippen molar-refractivity contribution in [2.24, 2.45) is 12.2 Å². The lowest BCUT2D eigenvalue weighted by Crippen LogP contribution is -2.17. The summed E-state index contributed by atoms with van der Waals surface area (Å²) in [6.45, 7) is 2.10. The Morgan fingerprint density at radius 1 is 1.40 bits per heavy atom. The molecule has 1 atom stereocenters. The quantitative estimate of drug-likeness (QED) is 0.872. The van der Waals surface area contributed by atoms with E-state index in [1.54, 1.807) is 0 Å². The van der Waals surface area contributed by atoms with Crippen molar-refractivity contribution in [3.05, 3.63) is 35.5 Å². The fraction of sp³-hybridized carbons (Fsp3) is 0.429. The minimum absolute atomic E-state index is 0.0255. The molecule has 2 rings (SSSR count). The molecule has 0 fully saturated rings. The van der Waals surface area contributed by atoms with Gasteiger partial charge in [0.2, 0.25) is 10.0 Å². The third-order valence-corrected chi connectivity index (χ3v) is 4.43. The van der Waals surface area contributed by atoms with Crippen molar-refractivity contribution in [3.8, 4) is 0 Å². The Morgan fingerprint density at radius 3 is 2.70 bits per heavy atom. The highest BCUT2D eigenvalue weighted by atomic mass is 32.2. The van der Waals surface area contributed by atoms with Crippen molar-refractivity contribution in [2.45, 2.75) is 19.4 Å². The number of rotatable bonds is 5. The summed E-state index contributed by atoms with van der Waals surface area (Å²) in [6.07, 6.45) is 2.55. The van der Waals surface area contributed by atoms with Crippen molar-refractivity contribution in [1.82, 2.24) is 9.88 Å². The highest BCUT2D eigenvalue weighted by molar-refractivity contribution is 7.89. The van der Waals surface area contributed by atoms with Gasteiger partial charge in [-0.15, -0.1) is 0 Å². The van der Waals surface area contributed by atoms with Gasteiger partial charge in [0.25, 0.3) is 0 Å². The lowest BCUT2D eigenvalue weighted by atomic mass is 10.0. The van der Waals surface area contributed by atoms with Crippen molar-refractivity contribution in [1.29, 1.82) is 0 Å². The van der Waals surface area contributed by atoms with Gasteiger partial charge in [0.1, 0.15) is 0 Å². The van der Waals surface area contributed by atoms with E-state index in [1.165, 1.54) is 5.56 Å². The van der Waals surface area contributed by atoms with Gasteiger partial charge in [-0.25, -0.2) is 13.6 Å². The second-order valence-electron chi connectivity index (χ2n) is 5.17. The molecule has 1 heterocycles. The first-order valence-corrected chi connectivity index (χ1v) is 8.29. The standard InChI is InChI=1S/C14H21N3O2S/c1-10(16-2)13-9-17(3)14-5-4-11(8-12(13)14)6-7-20(15,18)19/h4-5,8-10,16H,6-7H2,1-3H3,(H2,15,18,19). The number of hydrogen-bond donors (Lipinski definition) is 2. The Bertz CT molecular complexity index is 719. The van der Waals surface area contributed by atoms with Gasteiger partial charge in [0.15, 0.2) is 0 Å². The first-order valence-electron chi connectivity index (χ1n) is 6.57. The Labute approximate surface area is 119 Å². The molecule has 0 aliphatic heterocycles. The fourth-order valence-corrected chi connectivity index (χ4v) is 2.91. The summed E-state index contributed by atoms with van der Waals surface area (Å²) in [7, 11) is 0.518. The molecular formula is C14H21N3O2S. The maximum atomic E-state index is 11.1. The second kappa shape index (κ2) is 5.55.